The van der Waals surface area contributed by atoms with Crippen LogP contribution < -0.4 is 4.90 Å². The summed E-state index contributed by atoms with van der Waals surface area (Å²) in [4.78, 5) is 23.2. The van der Waals surface area contributed by atoms with Crippen molar-refractivity contribution in [3.8, 4) is 0 Å². The van der Waals surface area contributed by atoms with Crippen LogP contribution in [0.25, 0.3) is 0 Å². The quantitative estimate of drug-likeness (QED) is 0.740. The van der Waals surface area contributed by atoms with Gasteiger partial charge in [0, 0.05) is 33.1 Å². The van der Waals surface area contributed by atoms with E-state index in [1.54, 1.807) is 6.92 Å². The van der Waals surface area contributed by atoms with Crippen LogP contribution >= 0.6 is 23.2 Å². The number of hydrogen-bond acceptors (Lipinski definition) is 4. The first-order valence-electron chi connectivity index (χ1n) is 5.76. The predicted octanol–water partition coefficient (Wildman–Crippen LogP) is 1.84. The molecule has 0 atom stereocenters. The van der Waals surface area contributed by atoms with Gasteiger partial charge in [-0.15, -0.1) is 0 Å². The molecule has 0 aromatic carbocycles. The molecule has 5 nitrogen and oxygen atoms in total. The van der Waals surface area contributed by atoms with Crippen LogP contribution in [0.1, 0.15) is 13.3 Å². The molecule has 2 rings (SSSR count). The van der Waals surface area contributed by atoms with Crippen molar-refractivity contribution in [1.82, 2.24) is 14.9 Å². The second-order valence-corrected chi connectivity index (χ2v) is 4.90. The largest absolute Gasteiger partial charge is 0.353 e. The van der Waals surface area contributed by atoms with E-state index in [4.69, 9.17) is 23.2 Å². The van der Waals surface area contributed by atoms with Gasteiger partial charge in [0.25, 0.3) is 0 Å². The van der Waals surface area contributed by atoms with Gasteiger partial charge in [0.15, 0.2) is 5.82 Å². The molecular weight excluding hydrogens is 275 g/mol. The Bertz CT molecular complexity index is 455. The third kappa shape index (κ3) is 3.03. The van der Waals surface area contributed by atoms with Crippen molar-refractivity contribution >= 4 is 34.9 Å². The summed E-state index contributed by atoms with van der Waals surface area (Å²) in [6, 6.07) is 0. The summed E-state index contributed by atoms with van der Waals surface area (Å²) in [5.41, 5.74) is 0. The summed E-state index contributed by atoms with van der Waals surface area (Å²) in [5.74, 6) is 0.741. The highest BCUT2D eigenvalue weighted by Crippen LogP contribution is 2.24. The van der Waals surface area contributed by atoms with Gasteiger partial charge in [-0.3, -0.25) is 4.79 Å². The molecule has 18 heavy (non-hydrogen) atoms. The van der Waals surface area contributed by atoms with Crippen molar-refractivity contribution in [2.24, 2.45) is 0 Å². The minimum Gasteiger partial charge on any atom is -0.353 e. The number of aromatic nitrogens is 2. The van der Waals surface area contributed by atoms with E-state index in [-0.39, 0.29) is 11.2 Å². The van der Waals surface area contributed by atoms with E-state index < -0.39 is 0 Å². The molecule has 0 unspecified atom stereocenters. The molecule has 0 N–H and O–H groups in total. The number of rotatable bonds is 1. The molecule has 0 radical (unpaired) electrons. The van der Waals surface area contributed by atoms with Crippen molar-refractivity contribution in [3.05, 3.63) is 16.5 Å². The van der Waals surface area contributed by atoms with E-state index in [0.717, 1.165) is 19.5 Å². The van der Waals surface area contributed by atoms with Crippen LogP contribution in [0.2, 0.25) is 10.3 Å². The van der Waals surface area contributed by atoms with Crippen molar-refractivity contribution in [2.45, 2.75) is 13.3 Å². The molecule has 1 aliphatic heterocycles. The second kappa shape index (κ2) is 5.71. The number of anilines is 1. The van der Waals surface area contributed by atoms with Crippen LogP contribution in [-0.2, 0) is 4.79 Å². The Morgan fingerprint density at radius 1 is 1.28 bits per heavy atom. The molecule has 0 aliphatic carbocycles. The van der Waals surface area contributed by atoms with Gasteiger partial charge in [-0.1, -0.05) is 11.6 Å². The zero-order valence-corrected chi connectivity index (χ0v) is 11.6. The molecule has 1 aromatic rings. The molecule has 0 saturated carbocycles. The van der Waals surface area contributed by atoms with Gasteiger partial charge in [-0.05, 0) is 18.0 Å². The van der Waals surface area contributed by atoms with Gasteiger partial charge in [0.05, 0.1) is 6.20 Å². The minimum atomic E-state index is 0.101. The minimum absolute atomic E-state index is 0.101. The molecule has 0 spiro atoms. The normalized spacial score (nSPS) is 16.6. The Hall–Kier alpha value is -1.07. The molecule has 1 saturated heterocycles. The lowest BCUT2D eigenvalue weighted by Gasteiger charge is -2.22. The zero-order valence-electron chi connectivity index (χ0n) is 10.1. The van der Waals surface area contributed by atoms with Crippen molar-refractivity contribution < 1.29 is 4.79 Å². The lowest BCUT2D eigenvalue weighted by Crippen LogP contribution is -2.34. The SMILES string of the molecule is CC(=O)N1CCCN(c2nc(Cl)ncc2Cl)CC1. The van der Waals surface area contributed by atoms with E-state index in [0.29, 0.717) is 23.9 Å². The molecule has 2 heterocycles. The van der Waals surface area contributed by atoms with Crippen LogP contribution in [0.15, 0.2) is 6.20 Å². The van der Waals surface area contributed by atoms with Crippen molar-refractivity contribution in [3.63, 3.8) is 0 Å². The molecular formula is C11H14Cl2N4O. The fourth-order valence-electron chi connectivity index (χ4n) is 2.00. The number of amides is 1. The molecule has 1 amide bonds. The van der Waals surface area contributed by atoms with E-state index in [1.807, 2.05) is 9.80 Å². The fraction of sp³-hybridized carbons (Fsp3) is 0.545. The van der Waals surface area contributed by atoms with Gasteiger partial charge < -0.3 is 9.80 Å². The lowest BCUT2D eigenvalue weighted by atomic mass is 10.3. The maximum atomic E-state index is 11.4. The van der Waals surface area contributed by atoms with E-state index in [2.05, 4.69) is 9.97 Å². The van der Waals surface area contributed by atoms with Gasteiger partial charge >= 0.3 is 0 Å². The smallest absolute Gasteiger partial charge is 0.224 e. The van der Waals surface area contributed by atoms with Gasteiger partial charge in [-0.2, -0.15) is 4.98 Å². The number of carbonyl (C=O) groups is 1. The first kappa shape index (κ1) is 13.4. The highest BCUT2D eigenvalue weighted by Gasteiger charge is 2.19. The molecule has 1 aromatic heterocycles. The number of nitrogens with zero attached hydrogens (tertiary/aromatic N) is 4. The topological polar surface area (TPSA) is 49.3 Å². The van der Waals surface area contributed by atoms with Crippen LogP contribution in [0, 0.1) is 0 Å². The van der Waals surface area contributed by atoms with Gasteiger partial charge in [0.2, 0.25) is 11.2 Å². The summed E-state index contributed by atoms with van der Waals surface area (Å²) in [5, 5.41) is 0.665. The Balaban J connectivity index is 2.14. The second-order valence-electron chi connectivity index (χ2n) is 4.16. The predicted molar refractivity (Wildman–Crippen MR) is 71.1 cm³/mol. The fourth-order valence-corrected chi connectivity index (χ4v) is 2.34. The van der Waals surface area contributed by atoms with E-state index in [1.165, 1.54) is 6.20 Å². The number of carbonyl (C=O) groups excluding carboxylic acids is 1. The van der Waals surface area contributed by atoms with Crippen molar-refractivity contribution in [1.29, 1.82) is 0 Å². The third-order valence-corrected chi connectivity index (χ3v) is 3.39. The third-order valence-electron chi connectivity index (χ3n) is 2.94. The Morgan fingerprint density at radius 3 is 2.78 bits per heavy atom. The summed E-state index contributed by atoms with van der Waals surface area (Å²) in [6.45, 7) is 4.53. The maximum absolute atomic E-state index is 11.4. The lowest BCUT2D eigenvalue weighted by molar-refractivity contribution is -0.128. The van der Waals surface area contributed by atoms with E-state index in [9.17, 15) is 4.79 Å². The molecule has 98 valence electrons. The zero-order chi connectivity index (χ0) is 13.1. The molecule has 1 fully saturated rings. The first-order chi connectivity index (χ1) is 8.58. The maximum Gasteiger partial charge on any atom is 0.224 e. The summed E-state index contributed by atoms with van der Waals surface area (Å²) in [6.07, 6.45) is 2.39. The average Bonchev–Trinajstić information content (AvgIpc) is 2.58. The summed E-state index contributed by atoms with van der Waals surface area (Å²) in [7, 11) is 0. The molecule has 1 aliphatic rings. The average molecular weight is 289 g/mol. The van der Waals surface area contributed by atoms with Crippen LogP contribution in [0.3, 0.4) is 0 Å². The summed E-state index contributed by atoms with van der Waals surface area (Å²) < 4.78 is 0. The summed E-state index contributed by atoms with van der Waals surface area (Å²) >= 11 is 11.9. The first-order valence-corrected chi connectivity index (χ1v) is 6.52. The van der Waals surface area contributed by atoms with Gasteiger partial charge in [-0.25, -0.2) is 4.98 Å². The standard InChI is InChI=1S/C11H14Cl2N4O/c1-8(18)16-3-2-4-17(6-5-16)10-9(12)7-14-11(13)15-10/h7H,2-6H2,1H3. The van der Waals surface area contributed by atoms with Gasteiger partial charge in [0.1, 0.15) is 5.02 Å². The Labute approximate surface area is 116 Å². The highest BCUT2D eigenvalue weighted by atomic mass is 35.5. The number of hydrogen-bond donors (Lipinski definition) is 0. The Kier molecular flexibility index (Phi) is 4.24. The van der Waals surface area contributed by atoms with Crippen LogP contribution in [0.5, 0.6) is 0 Å². The van der Waals surface area contributed by atoms with E-state index >= 15 is 0 Å². The monoisotopic (exact) mass is 288 g/mol. The molecule has 0 bridgehead atoms. The van der Waals surface area contributed by atoms with Crippen LogP contribution in [-0.4, -0.2) is 47.0 Å². The van der Waals surface area contributed by atoms with Crippen LogP contribution in [0.4, 0.5) is 5.82 Å². The molecule has 7 heteroatoms. The van der Waals surface area contributed by atoms with Crippen molar-refractivity contribution in [2.75, 3.05) is 31.1 Å². The Morgan fingerprint density at radius 2 is 2.06 bits per heavy atom. The number of halogens is 2. The highest BCUT2D eigenvalue weighted by molar-refractivity contribution is 6.33.